The molecule has 1 aliphatic rings. The normalized spacial score (nSPS) is 13.8. The molecule has 1 aliphatic heterocycles. The molecule has 41 heavy (non-hydrogen) atoms. The Bertz CT molecular complexity index is 1830. The molecule has 1 atom stereocenters. The molecule has 0 bridgehead atoms. The molecule has 0 saturated heterocycles. The lowest BCUT2D eigenvalue weighted by Crippen LogP contribution is -2.28. The molecule has 6 rings (SSSR count). The lowest BCUT2D eigenvalue weighted by Gasteiger charge is -2.29. The van der Waals surface area contributed by atoms with Crippen LogP contribution < -0.4 is 10.5 Å². The van der Waals surface area contributed by atoms with Gasteiger partial charge in [0, 0.05) is 47.1 Å². The van der Waals surface area contributed by atoms with Gasteiger partial charge < -0.3 is 20.3 Å². The van der Waals surface area contributed by atoms with Crippen LogP contribution in [0.25, 0.3) is 43.9 Å². The van der Waals surface area contributed by atoms with Crippen LogP contribution in [-0.2, 0) is 16.0 Å². The van der Waals surface area contributed by atoms with Crippen molar-refractivity contribution in [2.24, 2.45) is 0 Å². The van der Waals surface area contributed by atoms with Gasteiger partial charge in [0.05, 0.1) is 17.7 Å². The summed E-state index contributed by atoms with van der Waals surface area (Å²) in [5, 5.41) is 13.4. The maximum Gasteiger partial charge on any atom is 0.337 e. The quantitative estimate of drug-likeness (QED) is 0.252. The molecule has 0 aliphatic carbocycles. The van der Waals surface area contributed by atoms with Gasteiger partial charge in [0.2, 0.25) is 5.95 Å². The number of nitrogens with zero attached hydrogens (tertiary/aromatic N) is 3. The van der Waals surface area contributed by atoms with Gasteiger partial charge in [-0.2, -0.15) is 0 Å². The van der Waals surface area contributed by atoms with Gasteiger partial charge in [-0.25, -0.2) is 14.8 Å². The van der Waals surface area contributed by atoms with Crippen molar-refractivity contribution in [3.05, 3.63) is 77.2 Å². The third-order valence-corrected chi connectivity index (χ3v) is 7.62. The third kappa shape index (κ3) is 4.64. The Kier molecular flexibility index (Phi) is 6.38. The number of aliphatic carboxylic acids is 1. The van der Waals surface area contributed by atoms with E-state index in [1.807, 2.05) is 64.2 Å². The number of carboxylic acid groups (broad SMARTS) is 1. The van der Waals surface area contributed by atoms with Crippen LogP contribution in [-0.4, -0.2) is 38.2 Å². The highest BCUT2D eigenvalue weighted by atomic mass is 16.5. The van der Waals surface area contributed by atoms with Crippen LogP contribution in [0.5, 0.6) is 5.75 Å². The van der Waals surface area contributed by atoms with Crippen molar-refractivity contribution in [3.63, 3.8) is 0 Å². The number of carbonyl (C=O) groups is 1. The van der Waals surface area contributed by atoms with Crippen LogP contribution in [0, 0.1) is 13.8 Å². The molecule has 8 heteroatoms. The predicted molar refractivity (Wildman–Crippen MR) is 160 cm³/mol. The van der Waals surface area contributed by atoms with Crippen LogP contribution in [0.2, 0.25) is 0 Å². The van der Waals surface area contributed by atoms with Crippen molar-refractivity contribution in [3.8, 4) is 28.0 Å². The standard InChI is InChI=1S/C33H32N4O4/c1-17-14-24-18(2)21(20-15-36-32(34)37-16-20)6-7-22(24)28(26(17)30(31(38)39)41-33(3,4)5)23-8-9-25-27-19(11-13-40-25)10-12-35-29(23)27/h6-10,12,14-16,30H,11,13H2,1-5H3,(H,38,39)(H2,34,36,37). The zero-order valence-corrected chi connectivity index (χ0v) is 23.8. The van der Waals surface area contributed by atoms with Gasteiger partial charge in [0.25, 0.3) is 0 Å². The van der Waals surface area contributed by atoms with E-state index in [0.717, 1.165) is 67.2 Å². The maximum atomic E-state index is 12.8. The fourth-order valence-corrected chi connectivity index (χ4v) is 5.88. The van der Waals surface area contributed by atoms with Crippen molar-refractivity contribution in [2.45, 2.75) is 52.7 Å². The van der Waals surface area contributed by atoms with Crippen LogP contribution in [0.1, 0.15) is 49.1 Å². The second-order valence-electron chi connectivity index (χ2n) is 11.5. The van der Waals surface area contributed by atoms with E-state index in [2.05, 4.69) is 23.0 Å². The Morgan fingerprint density at radius 2 is 1.76 bits per heavy atom. The SMILES string of the molecule is Cc1cc2c(C)c(-c3cnc(N)nc3)ccc2c(-c2ccc3c4c(ccnc24)CCO3)c1C(OC(C)(C)C)C(=O)O. The smallest absolute Gasteiger partial charge is 0.337 e. The number of benzene rings is 3. The minimum absolute atomic E-state index is 0.216. The molecular weight excluding hydrogens is 516 g/mol. The molecular formula is C33H32N4O4. The van der Waals surface area contributed by atoms with Crippen LogP contribution >= 0.6 is 0 Å². The highest BCUT2D eigenvalue weighted by molar-refractivity contribution is 6.10. The molecule has 3 N–H and O–H groups in total. The molecule has 0 amide bonds. The number of aryl methyl sites for hydroxylation is 2. The highest BCUT2D eigenvalue weighted by Gasteiger charge is 2.33. The molecule has 3 aromatic carbocycles. The van der Waals surface area contributed by atoms with Crippen LogP contribution in [0.3, 0.4) is 0 Å². The van der Waals surface area contributed by atoms with Crippen molar-refractivity contribution in [1.82, 2.24) is 15.0 Å². The molecule has 2 aromatic heterocycles. The first-order valence-corrected chi connectivity index (χ1v) is 13.6. The van der Waals surface area contributed by atoms with Crippen molar-refractivity contribution >= 4 is 33.6 Å². The Morgan fingerprint density at radius 1 is 1.02 bits per heavy atom. The number of hydrogen-bond acceptors (Lipinski definition) is 7. The summed E-state index contributed by atoms with van der Waals surface area (Å²) in [5.74, 6) is -0.0398. The summed E-state index contributed by atoms with van der Waals surface area (Å²) in [4.78, 5) is 26.0. The van der Waals surface area contributed by atoms with Crippen molar-refractivity contribution in [2.75, 3.05) is 12.3 Å². The molecule has 0 radical (unpaired) electrons. The maximum absolute atomic E-state index is 12.8. The Labute approximate surface area is 238 Å². The zero-order valence-electron chi connectivity index (χ0n) is 23.8. The first kappa shape index (κ1) is 26.7. The van der Waals surface area contributed by atoms with Crippen LogP contribution in [0.15, 0.2) is 55.0 Å². The number of nitrogens with two attached hydrogens (primary N) is 1. The number of ether oxygens (including phenoxy) is 2. The van der Waals surface area contributed by atoms with E-state index >= 15 is 0 Å². The summed E-state index contributed by atoms with van der Waals surface area (Å²) in [5.41, 5.74) is 12.9. The van der Waals surface area contributed by atoms with Gasteiger partial charge in [-0.05, 0) is 91.4 Å². The van der Waals surface area contributed by atoms with Gasteiger partial charge in [-0.3, -0.25) is 4.98 Å². The fourth-order valence-electron chi connectivity index (χ4n) is 5.88. The van der Waals surface area contributed by atoms with Gasteiger partial charge in [-0.1, -0.05) is 18.2 Å². The van der Waals surface area contributed by atoms with E-state index in [1.165, 1.54) is 5.56 Å². The lowest BCUT2D eigenvalue weighted by atomic mass is 9.83. The number of aromatic nitrogens is 3. The average Bonchev–Trinajstić information content (AvgIpc) is 2.93. The number of nitrogen functional groups attached to an aromatic ring is 1. The molecule has 3 heterocycles. The van der Waals surface area contributed by atoms with Gasteiger partial charge in [0.15, 0.2) is 6.10 Å². The van der Waals surface area contributed by atoms with Crippen LogP contribution in [0.4, 0.5) is 5.95 Å². The Balaban J connectivity index is 1.72. The summed E-state index contributed by atoms with van der Waals surface area (Å²) in [7, 11) is 0. The summed E-state index contributed by atoms with van der Waals surface area (Å²) in [6.07, 6.45) is 4.84. The number of pyridine rings is 1. The van der Waals surface area contributed by atoms with E-state index in [0.29, 0.717) is 12.2 Å². The molecule has 0 fully saturated rings. The zero-order chi connectivity index (χ0) is 29.1. The number of anilines is 1. The average molecular weight is 549 g/mol. The van der Waals surface area contributed by atoms with E-state index in [1.54, 1.807) is 12.4 Å². The number of carboxylic acids is 1. The number of hydrogen-bond donors (Lipinski definition) is 2. The second kappa shape index (κ2) is 9.82. The number of fused-ring (bicyclic) bond motifs is 1. The molecule has 0 saturated carbocycles. The van der Waals surface area contributed by atoms with E-state index in [-0.39, 0.29) is 5.95 Å². The first-order chi connectivity index (χ1) is 19.5. The molecule has 0 spiro atoms. The Morgan fingerprint density at radius 3 is 2.46 bits per heavy atom. The number of rotatable bonds is 5. The summed E-state index contributed by atoms with van der Waals surface area (Å²) < 4.78 is 12.2. The van der Waals surface area contributed by atoms with Gasteiger partial charge in [-0.15, -0.1) is 0 Å². The molecule has 1 unspecified atom stereocenters. The molecule has 208 valence electrons. The minimum Gasteiger partial charge on any atom is -0.493 e. The Hall–Kier alpha value is -4.56. The molecule has 8 nitrogen and oxygen atoms in total. The minimum atomic E-state index is -1.19. The first-order valence-electron chi connectivity index (χ1n) is 13.6. The van der Waals surface area contributed by atoms with Gasteiger partial charge in [0.1, 0.15) is 5.75 Å². The van der Waals surface area contributed by atoms with E-state index in [9.17, 15) is 9.90 Å². The predicted octanol–water partition coefficient (Wildman–Crippen LogP) is 6.59. The monoisotopic (exact) mass is 548 g/mol. The summed E-state index contributed by atoms with van der Waals surface area (Å²) >= 11 is 0. The highest BCUT2D eigenvalue weighted by Crippen LogP contribution is 2.46. The van der Waals surface area contributed by atoms with E-state index in [4.69, 9.17) is 20.2 Å². The van der Waals surface area contributed by atoms with Crippen molar-refractivity contribution < 1.29 is 19.4 Å². The third-order valence-electron chi connectivity index (χ3n) is 7.62. The van der Waals surface area contributed by atoms with Gasteiger partial charge >= 0.3 is 5.97 Å². The second-order valence-corrected chi connectivity index (χ2v) is 11.5. The summed E-state index contributed by atoms with van der Waals surface area (Å²) in [6.45, 7) is 10.2. The largest absolute Gasteiger partial charge is 0.493 e. The van der Waals surface area contributed by atoms with Crippen molar-refractivity contribution in [1.29, 1.82) is 0 Å². The fraction of sp³-hybridized carbons (Fsp3) is 0.273. The topological polar surface area (TPSA) is 120 Å². The van der Waals surface area contributed by atoms with E-state index < -0.39 is 17.7 Å². The summed E-state index contributed by atoms with van der Waals surface area (Å²) in [6, 6.07) is 12.1. The lowest BCUT2D eigenvalue weighted by molar-refractivity contribution is -0.160. The molecule has 5 aromatic rings.